The van der Waals surface area contributed by atoms with Crippen molar-refractivity contribution in [3.63, 3.8) is 0 Å². The number of hydrogen-bond donors (Lipinski definition) is 0. The van der Waals surface area contributed by atoms with Crippen LogP contribution in [0.15, 0.2) is 58.6 Å². The van der Waals surface area contributed by atoms with E-state index in [1.54, 1.807) is 16.7 Å². The van der Waals surface area contributed by atoms with E-state index in [4.69, 9.17) is 11.6 Å². The lowest BCUT2D eigenvalue weighted by Gasteiger charge is -2.10. The Kier molecular flexibility index (Phi) is 5.93. The maximum atomic E-state index is 13.0. The van der Waals surface area contributed by atoms with Gasteiger partial charge >= 0.3 is 0 Å². The Bertz CT molecular complexity index is 985. The summed E-state index contributed by atoms with van der Waals surface area (Å²) in [4.78, 5) is 11.5. The highest BCUT2D eigenvalue weighted by atomic mass is 35.5. The summed E-state index contributed by atoms with van der Waals surface area (Å²) in [7, 11) is 0. The minimum atomic E-state index is -1.34. The standard InChI is InChI=1S/C19H15ClFN3O2S/c1-2-24-17(13-5-7-14(20)8-6-13)22-23-19(24)27-16(18(25)26)11-12-3-9-15(21)10-4-12/h3-11H,2H2,1H3,(H,25,26)/p-1/b16-11+. The maximum absolute atomic E-state index is 13.0. The third-order valence-electron chi connectivity index (χ3n) is 3.71. The van der Waals surface area contributed by atoms with Crippen LogP contribution in [-0.4, -0.2) is 20.7 Å². The Balaban J connectivity index is 1.94. The number of hydrogen-bond acceptors (Lipinski definition) is 5. The number of carboxylic acids is 1. The summed E-state index contributed by atoms with van der Waals surface area (Å²) >= 11 is 6.85. The molecule has 3 aromatic rings. The molecule has 27 heavy (non-hydrogen) atoms. The lowest BCUT2D eigenvalue weighted by atomic mass is 10.2. The van der Waals surface area contributed by atoms with E-state index in [2.05, 4.69) is 10.2 Å². The van der Waals surface area contributed by atoms with Gasteiger partial charge in [0.15, 0.2) is 11.0 Å². The molecule has 0 fully saturated rings. The van der Waals surface area contributed by atoms with Crippen LogP contribution in [0.5, 0.6) is 0 Å². The van der Waals surface area contributed by atoms with Gasteiger partial charge in [0.2, 0.25) is 0 Å². The first kappa shape index (κ1) is 19.1. The number of halogens is 2. The first-order valence-electron chi connectivity index (χ1n) is 8.03. The Labute approximate surface area is 164 Å². The number of benzene rings is 2. The molecule has 0 bridgehead atoms. The zero-order chi connectivity index (χ0) is 19.4. The van der Waals surface area contributed by atoms with Crippen molar-refractivity contribution in [2.24, 2.45) is 0 Å². The second-order valence-corrected chi connectivity index (χ2v) is 6.95. The first-order valence-corrected chi connectivity index (χ1v) is 9.23. The molecule has 1 aromatic heterocycles. The summed E-state index contributed by atoms with van der Waals surface area (Å²) in [5, 5.41) is 20.9. The molecular weight excluding hydrogens is 389 g/mol. The second kappa shape index (κ2) is 8.37. The monoisotopic (exact) mass is 402 g/mol. The number of carbonyl (C=O) groups excluding carboxylic acids is 1. The van der Waals surface area contributed by atoms with Crippen LogP contribution in [-0.2, 0) is 11.3 Å². The van der Waals surface area contributed by atoms with E-state index in [1.165, 1.54) is 30.3 Å². The van der Waals surface area contributed by atoms with E-state index >= 15 is 0 Å². The van der Waals surface area contributed by atoms with Crippen LogP contribution in [0, 0.1) is 5.82 Å². The molecule has 1 heterocycles. The van der Waals surface area contributed by atoms with Crippen LogP contribution in [0.3, 0.4) is 0 Å². The van der Waals surface area contributed by atoms with E-state index in [0.29, 0.717) is 28.1 Å². The highest BCUT2D eigenvalue weighted by Crippen LogP contribution is 2.30. The van der Waals surface area contributed by atoms with Gasteiger partial charge < -0.3 is 14.5 Å². The fourth-order valence-corrected chi connectivity index (χ4v) is 3.41. The normalized spacial score (nSPS) is 11.6. The van der Waals surface area contributed by atoms with E-state index in [0.717, 1.165) is 17.3 Å². The molecule has 3 rings (SSSR count). The third-order valence-corrected chi connectivity index (χ3v) is 4.95. The fraction of sp³-hybridized carbons (Fsp3) is 0.105. The van der Waals surface area contributed by atoms with Crippen molar-refractivity contribution in [2.75, 3.05) is 0 Å². The molecule has 5 nitrogen and oxygen atoms in total. The zero-order valence-electron chi connectivity index (χ0n) is 14.2. The van der Waals surface area contributed by atoms with Gasteiger partial charge in [0.05, 0.1) is 5.97 Å². The van der Waals surface area contributed by atoms with Crippen molar-refractivity contribution >= 4 is 35.4 Å². The maximum Gasteiger partial charge on any atom is 0.196 e. The number of carbonyl (C=O) groups is 1. The molecular formula is C19H14ClFN3O2S-. The van der Waals surface area contributed by atoms with Gasteiger partial charge in [-0.3, -0.25) is 0 Å². The van der Waals surface area contributed by atoms with Crippen LogP contribution in [0.1, 0.15) is 12.5 Å². The topological polar surface area (TPSA) is 70.8 Å². The molecule has 2 aromatic carbocycles. The van der Waals surface area contributed by atoms with Gasteiger partial charge in [0.25, 0.3) is 0 Å². The van der Waals surface area contributed by atoms with Crippen molar-refractivity contribution in [1.82, 2.24) is 14.8 Å². The molecule has 0 aliphatic rings. The first-order chi connectivity index (χ1) is 13.0. The predicted octanol–water partition coefficient (Wildman–Crippen LogP) is 3.64. The molecule has 8 heteroatoms. The van der Waals surface area contributed by atoms with Gasteiger partial charge in [0, 0.05) is 22.0 Å². The molecule has 0 amide bonds. The van der Waals surface area contributed by atoms with Crippen LogP contribution in [0.2, 0.25) is 5.02 Å². The largest absolute Gasteiger partial charge is 0.544 e. The molecule has 0 radical (unpaired) electrons. The molecule has 0 aliphatic heterocycles. The molecule has 0 unspecified atom stereocenters. The van der Waals surface area contributed by atoms with E-state index in [-0.39, 0.29) is 4.91 Å². The van der Waals surface area contributed by atoms with Crippen LogP contribution < -0.4 is 5.11 Å². The Morgan fingerprint density at radius 2 is 1.85 bits per heavy atom. The summed E-state index contributed by atoms with van der Waals surface area (Å²) in [5.41, 5.74) is 1.36. The number of rotatable bonds is 6. The van der Waals surface area contributed by atoms with Gasteiger partial charge in [0.1, 0.15) is 5.82 Å². The van der Waals surface area contributed by atoms with E-state index < -0.39 is 11.8 Å². The Morgan fingerprint density at radius 1 is 1.19 bits per heavy atom. The van der Waals surface area contributed by atoms with Gasteiger partial charge in [-0.15, -0.1) is 10.2 Å². The number of carboxylic acid groups (broad SMARTS) is 1. The summed E-state index contributed by atoms with van der Waals surface area (Å²) in [6, 6.07) is 12.6. The van der Waals surface area contributed by atoms with Crippen LogP contribution >= 0.6 is 23.4 Å². The number of thioether (sulfide) groups is 1. The number of nitrogens with zero attached hydrogens (tertiary/aromatic N) is 3. The molecule has 0 N–H and O–H groups in total. The molecule has 0 aliphatic carbocycles. The lowest BCUT2D eigenvalue weighted by Crippen LogP contribution is -2.23. The van der Waals surface area contributed by atoms with Crippen molar-refractivity contribution in [1.29, 1.82) is 0 Å². The molecule has 0 atom stereocenters. The number of aromatic nitrogens is 3. The van der Waals surface area contributed by atoms with Gasteiger partial charge in [-0.1, -0.05) is 23.7 Å². The third kappa shape index (κ3) is 4.56. The summed E-state index contributed by atoms with van der Waals surface area (Å²) < 4.78 is 14.8. The summed E-state index contributed by atoms with van der Waals surface area (Å²) in [6.07, 6.45) is 1.41. The molecule has 0 saturated heterocycles. The van der Waals surface area contributed by atoms with Crippen molar-refractivity contribution < 1.29 is 14.3 Å². The molecule has 0 saturated carbocycles. The zero-order valence-corrected chi connectivity index (χ0v) is 15.8. The van der Waals surface area contributed by atoms with E-state index in [1.807, 2.05) is 19.1 Å². The molecule has 138 valence electrons. The number of aliphatic carboxylic acids is 1. The molecule has 0 spiro atoms. The quantitative estimate of drug-likeness (QED) is 0.465. The Morgan fingerprint density at radius 3 is 2.44 bits per heavy atom. The van der Waals surface area contributed by atoms with E-state index in [9.17, 15) is 14.3 Å². The van der Waals surface area contributed by atoms with Crippen LogP contribution in [0.4, 0.5) is 4.39 Å². The fourth-order valence-electron chi connectivity index (χ4n) is 2.40. The van der Waals surface area contributed by atoms with Crippen molar-refractivity contribution in [2.45, 2.75) is 18.6 Å². The summed E-state index contributed by atoms with van der Waals surface area (Å²) in [5.74, 6) is -1.13. The minimum absolute atomic E-state index is 0.0497. The van der Waals surface area contributed by atoms with Gasteiger partial charge in [-0.2, -0.15) is 0 Å². The second-order valence-electron chi connectivity index (χ2n) is 5.51. The average molecular weight is 403 g/mol. The SMILES string of the molecule is CCn1c(S/C(=C/c2ccc(F)cc2)C(=O)[O-])nnc1-c1ccc(Cl)cc1. The Hall–Kier alpha value is -2.64. The lowest BCUT2D eigenvalue weighted by molar-refractivity contribution is -0.297. The highest BCUT2D eigenvalue weighted by molar-refractivity contribution is 8.04. The van der Waals surface area contributed by atoms with Crippen LogP contribution in [0.25, 0.3) is 17.5 Å². The summed E-state index contributed by atoms with van der Waals surface area (Å²) in [6.45, 7) is 2.46. The van der Waals surface area contributed by atoms with Crippen molar-refractivity contribution in [3.05, 3.63) is 69.8 Å². The van der Waals surface area contributed by atoms with Gasteiger partial charge in [-0.25, -0.2) is 4.39 Å². The highest BCUT2D eigenvalue weighted by Gasteiger charge is 2.15. The smallest absolute Gasteiger partial charge is 0.196 e. The van der Waals surface area contributed by atoms with Crippen molar-refractivity contribution in [3.8, 4) is 11.4 Å². The minimum Gasteiger partial charge on any atom is -0.544 e. The predicted molar refractivity (Wildman–Crippen MR) is 101 cm³/mol. The average Bonchev–Trinajstić information content (AvgIpc) is 3.06. The van der Waals surface area contributed by atoms with Gasteiger partial charge in [-0.05, 0) is 66.7 Å².